The summed E-state index contributed by atoms with van der Waals surface area (Å²) in [5, 5.41) is 0.928. The summed E-state index contributed by atoms with van der Waals surface area (Å²) in [5.74, 6) is 0. The largest absolute Gasteiger partial charge is 0.329 e. The van der Waals surface area contributed by atoms with Crippen LogP contribution in [-0.2, 0) is 0 Å². The van der Waals surface area contributed by atoms with Gasteiger partial charge in [0.2, 0.25) is 0 Å². The van der Waals surface area contributed by atoms with E-state index in [9.17, 15) is 4.79 Å². The fourth-order valence-corrected chi connectivity index (χ4v) is 1.89. The Balaban J connectivity index is 2.68. The lowest BCUT2D eigenvalue weighted by molar-refractivity contribution is 1.21. The maximum absolute atomic E-state index is 11.7. The summed E-state index contributed by atoms with van der Waals surface area (Å²) in [6, 6.07) is 7.01. The van der Waals surface area contributed by atoms with Gasteiger partial charge in [-0.3, -0.25) is 4.79 Å². The van der Waals surface area contributed by atoms with Gasteiger partial charge >= 0.3 is 0 Å². The molecular weight excluding hydrogens is 245 g/mol. The minimum atomic E-state index is -0.126. The molecule has 4 heteroatoms. The first-order chi connectivity index (χ1) is 7.59. The minimum Gasteiger partial charge on any atom is -0.329 e. The molecule has 1 aromatic heterocycles. The summed E-state index contributed by atoms with van der Waals surface area (Å²) in [4.78, 5) is 14.3. The lowest BCUT2D eigenvalue weighted by Crippen LogP contribution is -2.09. The summed E-state index contributed by atoms with van der Waals surface area (Å²) < 4.78 is 0. The van der Waals surface area contributed by atoms with E-state index in [1.807, 2.05) is 13.0 Å². The fourth-order valence-electron chi connectivity index (χ4n) is 1.59. The Morgan fingerprint density at radius 1 is 1.12 bits per heavy atom. The Hall–Kier alpha value is -1.25. The predicted octanol–water partition coefficient (Wildman–Crippen LogP) is 3.66. The fraction of sp³-hybridized carbons (Fsp3) is 0.0833. The number of halogens is 2. The van der Waals surface area contributed by atoms with Crippen molar-refractivity contribution in [3.05, 3.63) is 56.4 Å². The number of rotatable bonds is 1. The first-order valence-electron chi connectivity index (χ1n) is 4.73. The van der Waals surface area contributed by atoms with Crippen molar-refractivity contribution >= 4 is 23.2 Å². The molecule has 2 nitrogen and oxygen atoms in total. The van der Waals surface area contributed by atoms with Crippen LogP contribution in [0.4, 0.5) is 0 Å². The molecule has 0 aliphatic rings. The molecule has 0 saturated carbocycles. The second kappa shape index (κ2) is 4.32. The third-order valence-electron chi connectivity index (χ3n) is 2.38. The van der Waals surface area contributed by atoms with Crippen LogP contribution in [0.1, 0.15) is 5.56 Å². The van der Waals surface area contributed by atoms with Gasteiger partial charge in [-0.25, -0.2) is 0 Å². The van der Waals surface area contributed by atoms with Crippen LogP contribution < -0.4 is 5.56 Å². The van der Waals surface area contributed by atoms with Crippen molar-refractivity contribution in [2.75, 3.05) is 0 Å². The highest BCUT2D eigenvalue weighted by atomic mass is 35.5. The molecule has 0 aliphatic heterocycles. The zero-order valence-electron chi connectivity index (χ0n) is 8.55. The van der Waals surface area contributed by atoms with Crippen LogP contribution in [-0.4, -0.2) is 4.98 Å². The van der Waals surface area contributed by atoms with Crippen molar-refractivity contribution in [2.45, 2.75) is 6.92 Å². The van der Waals surface area contributed by atoms with Crippen molar-refractivity contribution in [3.8, 4) is 11.1 Å². The van der Waals surface area contributed by atoms with Gasteiger partial charge in [-0.1, -0.05) is 29.3 Å². The Morgan fingerprint density at radius 2 is 1.88 bits per heavy atom. The zero-order chi connectivity index (χ0) is 11.7. The maximum Gasteiger partial charge on any atom is 0.256 e. The van der Waals surface area contributed by atoms with E-state index in [1.165, 1.54) is 0 Å². The highest BCUT2D eigenvalue weighted by Crippen LogP contribution is 2.28. The summed E-state index contributed by atoms with van der Waals surface area (Å²) in [6.07, 6.45) is 1.62. The molecule has 2 aromatic rings. The van der Waals surface area contributed by atoms with Crippen molar-refractivity contribution in [3.63, 3.8) is 0 Å². The summed E-state index contributed by atoms with van der Waals surface area (Å²) in [5.41, 5.74) is 2.18. The highest BCUT2D eigenvalue weighted by Gasteiger charge is 2.08. The molecule has 1 N–H and O–H groups in total. The number of aromatic nitrogens is 1. The molecule has 1 aromatic carbocycles. The number of hydrogen-bond donors (Lipinski definition) is 1. The van der Waals surface area contributed by atoms with E-state index < -0.39 is 0 Å². The van der Waals surface area contributed by atoms with Gasteiger partial charge < -0.3 is 4.98 Å². The lowest BCUT2D eigenvalue weighted by Gasteiger charge is -2.05. The smallest absolute Gasteiger partial charge is 0.256 e. The van der Waals surface area contributed by atoms with E-state index in [1.54, 1.807) is 24.4 Å². The van der Waals surface area contributed by atoms with Crippen LogP contribution in [0.25, 0.3) is 11.1 Å². The second-order valence-electron chi connectivity index (χ2n) is 3.49. The predicted molar refractivity (Wildman–Crippen MR) is 67.3 cm³/mol. The summed E-state index contributed by atoms with van der Waals surface area (Å²) in [7, 11) is 0. The van der Waals surface area contributed by atoms with E-state index in [2.05, 4.69) is 4.98 Å². The Morgan fingerprint density at radius 3 is 2.50 bits per heavy atom. The topological polar surface area (TPSA) is 32.9 Å². The quantitative estimate of drug-likeness (QED) is 0.827. The molecule has 82 valence electrons. The van der Waals surface area contributed by atoms with Crippen LogP contribution >= 0.6 is 23.2 Å². The van der Waals surface area contributed by atoms with Gasteiger partial charge in [0, 0.05) is 11.8 Å². The molecule has 1 heterocycles. The Kier molecular flexibility index (Phi) is 3.03. The lowest BCUT2D eigenvalue weighted by atomic mass is 10.0. The van der Waals surface area contributed by atoms with Gasteiger partial charge in [-0.05, 0) is 36.2 Å². The molecule has 0 unspecified atom stereocenters. The summed E-state index contributed by atoms with van der Waals surface area (Å²) in [6.45, 7) is 1.88. The van der Waals surface area contributed by atoms with Gasteiger partial charge in [0.25, 0.3) is 5.56 Å². The number of nitrogens with one attached hydrogen (secondary N) is 1. The number of aromatic amines is 1. The van der Waals surface area contributed by atoms with Crippen molar-refractivity contribution < 1.29 is 0 Å². The van der Waals surface area contributed by atoms with Gasteiger partial charge in [0.15, 0.2) is 0 Å². The normalized spacial score (nSPS) is 10.4. The first kappa shape index (κ1) is 11.2. The Bertz CT molecular complexity index is 590. The number of aryl methyl sites for hydroxylation is 1. The molecule has 2 rings (SSSR count). The highest BCUT2D eigenvalue weighted by molar-refractivity contribution is 6.42. The molecule has 0 amide bonds. The van der Waals surface area contributed by atoms with Crippen LogP contribution in [0.2, 0.25) is 10.0 Å². The third-order valence-corrected chi connectivity index (χ3v) is 3.12. The number of pyridine rings is 1. The number of benzene rings is 1. The first-order valence-corrected chi connectivity index (χ1v) is 5.49. The molecule has 0 saturated heterocycles. The average Bonchev–Trinajstić information content (AvgIpc) is 2.23. The second-order valence-corrected chi connectivity index (χ2v) is 4.31. The summed E-state index contributed by atoms with van der Waals surface area (Å²) >= 11 is 11.8. The van der Waals surface area contributed by atoms with E-state index in [4.69, 9.17) is 23.2 Å². The molecule has 0 atom stereocenters. The molecule has 0 spiro atoms. The minimum absolute atomic E-state index is 0.126. The monoisotopic (exact) mass is 253 g/mol. The van der Waals surface area contributed by atoms with E-state index in [-0.39, 0.29) is 5.56 Å². The van der Waals surface area contributed by atoms with Gasteiger partial charge in [0.1, 0.15) is 0 Å². The maximum atomic E-state index is 11.7. The van der Waals surface area contributed by atoms with Crippen LogP contribution in [0, 0.1) is 6.92 Å². The van der Waals surface area contributed by atoms with Gasteiger partial charge in [-0.2, -0.15) is 0 Å². The van der Waals surface area contributed by atoms with Crippen LogP contribution in [0.15, 0.2) is 35.3 Å². The SMILES string of the molecule is Cc1cc[nH]c(=O)c1-c1ccc(Cl)c(Cl)c1. The molecule has 0 aliphatic carbocycles. The average molecular weight is 254 g/mol. The van der Waals surface area contributed by atoms with E-state index >= 15 is 0 Å². The standard InChI is InChI=1S/C12H9Cl2NO/c1-7-4-5-15-12(16)11(7)8-2-3-9(13)10(14)6-8/h2-6H,1H3,(H,15,16). The zero-order valence-corrected chi connectivity index (χ0v) is 10.1. The van der Waals surface area contributed by atoms with Gasteiger partial charge in [-0.15, -0.1) is 0 Å². The molecule has 0 radical (unpaired) electrons. The van der Waals surface area contributed by atoms with E-state index in [0.29, 0.717) is 15.6 Å². The Labute approximate surface area is 103 Å². The van der Waals surface area contributed by atoms with Crippen LogP contribution in [0.3, 0.4) is 0 Å². The van der Waals surface area contributed by atoms with Crippen molar-refractivity contribution in [2.24, 2.45) is 0 Å². The number of H-pyrrole nitrogens is 1. The van der Waals surface area contributed by atoms with Crippen molar-refractivity contribution in [1.82, 2.24) is 4.98 Å². The van der Waals surface area contributed by atoms with Crippen molar-refractivity contribution in [1.29, 1.82) is 0 Å². The molecular formula is C12H9Cl2NO. The van der Waals surface area contributed by atoms with E-state index in [0.717, 1.165) is 11.1 Å². The molecule has 16 heavy (non-hydrogen) atoms. The third kappa shape index (κ3) is 1.99. The van der Waals surface area contributed by atoms with Gasteiger partial charge in [0.05, 0.1) is 10.0 Å². The molecule has 0 fully saturated rings. The molecule has 0 bridgehead atoms. The van der Waals surface area contributed by atoms with Crippen LogP contribution in [0.5, 0.6) is 0 Å². The number of hydrogen-bond acceptors (Lipinski definition) is 1.